The summed E-state index contributed by atoms with van der Waals surface area (Å²) in [5, 5.41) is 0. The number of carbonyl (C=O) groups excluding carboxylic acids is 1. The van der Waals surface area contributed by atoms with Gasteiger partial charge in [0.15, 0.2) is 6.61 Å². The summed E-state index contributed by atoms with van der Waals surface area (Å²) in [4.78, 5) is 14.0. The van der Waals surface area contributed by atoms with Crippen LogP contribution in [-0.4, -0.2) is 56.3 Å². The minimum atomic E-state index is -3.69. The number of halogens is 1. The maximum atomic E-state index is 13.0. The Bertz CT molecular complexity index is 953. The number of amides is 1. The fourth-order valence-electron chi connectivity index (χ4n) is 2.97. The van der Waals surface area contributed by atoms with Gasteiger partial charge in [-0.25, -0.2) is 12.8 Å². The highest BCUT2D eigenvalue weighted by Crippen LogP contribution is 2.19. The van der Waals surface area contributed by atoms with E-state index < -0.39 is 15.8 Å². The van der Waals surface area contributed by atoms with Crippen LogP contribution in [0.1, 0.15) is 11.1 Å². The quantitative estimate of drug-likeness (QED) is 0.765. The Morgan fingerprint density at radius 3 is 2.25 bits per heavy atom. The number of nitrogens with zero attached hydrogens (tertiary/aromatic N) is 2. The summed E-state index contributed by atoms with van der Waals surface area (Å²) in [7, 11) is -3.69. The normalized spacial score (nSPS) is 15.5. The second-order valence-corrected chi connectivity index (χ2v) is 8.71. The Labute approximate surface area is 164 Å². The summed E-state index contributed by atoms with van der Waals surface area (Å²) in [5.41, 5.74) is 2.24. The molecule has 0 aromatic heterocycles. The van der Waals surface area contributed by atoms with Gasteiger partial charge in [0.1, 0.15) is 11.6 Å². The molecule has 1 fully saturated rings. The van der Waals surface area contributed by atoms with Crippen molar-refractivity contribution in [3.63, 3.8) is 0 Å². The topological polar surface area (TPSA) is 66.9 Å². The van der Waals surface area contributed by atoms with E-state index in [1.807, 2.05) is 32.0 Å². The molecule has 150 valence electrons. The highest BCUT2D eigenvalue weighted by Gasteiger charge is 2.30. The van der Waals surface area contributed by atoms with Gasteiger partial charge in [-0.15, -0.1) is 0 Å². The molecular weight excluding hydrogens is 383 g/mol. The van der Waals surface area contributed by atoms with Crippen molar-refractivity contribution < 1.29 is 22.3 Å². The number of carbonyl (C=O) groups is 1. The molecule has 0 bridgehead atoms. The van der Waals surface area contributed by atoms with Crippen LogP contribution in [0.2, 0.25) is 0 Å². The standard InChI is InChI=1S/C20H23FN2O4S/c1-15-3-6-18(13-16(15)2)27-14-20(24)22-9-11-23(12-10-22)28(25,26)19-7-4-17(21)5-8-19/h3-8,13H,9-12,14H2,1-2H3. The van der Waals surface area contributed by atoms with E-state index in [-0.39, 0.29) is 43.6 Å². The van der Waals surface area contributed by atoms with Crippen molar-refractivity contribution in [1.29, 1.82) is 0 Å². The minimum absolute atomic E-state index is 0.0479. The molecule has 1 heterocycles. The number of hydrogen-bond acceptors (Lipinski definition) is 4. The van der Waals surface area contributed by atoms with Gasteiger partial charge >= 0.3 is 0 Å². The largest absolute Gasteiger partial charge is 0.484 e. The van der Waals surface area contributed by atoms with Gasteiger partial charge in [-0.3, -0.25) is 4.79 Å². The molecule has 0 radical (unpaired) electrons. The number of piperazine rings is 1. The lowest BCUT2D eigenvalue weighted by Gasteiger charge is -2.34. The molecule has 0 N–H and O–H groups in total. The third-order valence-electron chi connectivity index (χ3n) is 4.88. The Morgan fingerprint density at radius 1 is 1.00 bits per heavy atom. The van der Waals surface area contributed by atoms with Crippen molar-refractivity contribution >= 4 is 15.9 Å². The maximum Gasteiger partial charge on any atom is 0.260 e. The van der Waals surface area contributed by atoms with Crippen molar-refractivity contribution in [2.75, 3.05) is 32.8 Å². The molecule has 3 rings (SSSR count). The van der Waals surface area contributed by atoms with Crippen molar-refractivity contribution in [2.24, 2.45) is 0 Å². The van der Waals surface area contributed by atoms with Crippen molar-refractivity contribution in [2.45, 2.75) is 18.7 Å². The first kappa shape index (κ1) is 20.3. The number of rotatable bonds is 5. The second kappa shape index (κ2) is 8.28. The van der Waals surface area contributed by atoms with Crippen LogP contribution in [0.15, 0.2) is 47.4 Å². The molecule has 28 heavy (non-hydrogen) atoms. The van der Waals surface area contributed by atoms with Crippen LogP contribution >= 0.6 is 0 Å². The highest BCUT2D eigenvalue weighted by atomic mass is 32.2. The zero-order valence-electron chi connectivity index (χ0n) is 15.9. The monoisotopic (exact) mass is 406 g/mol. The van der Waals surface area contributed by atoms with E-state index in [0.717, 1.165) is 23.3 Å². The van der Waals surface area contributed by atoms with Crippen LogP contribution < -0.4 is 4.74 Å². The predicted molar refractivity (Wildman–Crippen MR) is 103 cm³/mol. The highest BCUT2D eigenvalue weighted by molar-refractivity contribution is 7.89. The number of hydrogen-bond donors (Lipinski definition) is 0. The van der Waals surface area contributed by atoms with Gasteiger partial charge in [-0.05, 0) is 61.4 Å². The van der Waals surface area contributed by atoms with Crippen LogP contribution in [-0.2, 0) is 14.8 Å². The number of benzene rings is 2. The van der Waals surface area contributed by atoms with Crippen molar-refractivity contribution in [3.8, 4) is 5.75 Å². The lowest BCUT2D eigenvalue weighted by Crippen LogP contribution is -2.51. The molecule has 2 aromatic carbocycles. The SMILES string of the molecule is Cc1ccc(OCC(=O)N2CCN(S(=O)(=O)c3ccc(F)cc3)CC2)cc1C. The molecule has 0 spiro atoms. The molecule has 8 heteroatoms. The molecule has 2 aromatic rings. The van der Waals surface area contributed by atoms with Crippen LogP contribution in [0, 0.1) is 19.7 Å². The van der Waals surface area contributed by atoms with E-state index >= 15 is 0 Å². The minimum Gasteiger partial charge on any atom is -0.484 e. The molecule has 1 saturated heterocycles. The van der Waals surface area contributed by atoms with Gasteiger partial charge < -0.3 is 9.64 Å². The Morgan fingerprint density at radius 2 is 1.64 bits per heavy atom. The van der Waals surface area contributed by atoms with E-state index in [9.17, 15) is 17.6 Å². The van der Waals surface area contributed by atoms with Gasteiger partial charge in [-0.1, -0.05) is 6.07 Å². The smallest absolute Gasteiger partial charge is 0.260 e. The average Bonchev–Trinajstić information content (AvgIpc) is 2.69. The average molecular weight is 406 g/mol. The second-order valence-electron chi connectivity index (χ2n) is 6.77. The fourth-order valence-corrected chi connectivity index (χ4v) is 4.40. The van der Waals surface area contributed by atoms with Crippen LogP contribution in [0.4, 0.5) is 4.39 Å². The van der Waals surface area contributed by atoms with Gasteiger partial charge in [-0.2, -0.15) is 4.31 Å². The van der Waals surface area contributed by atoms with Gasteiger partial charge in [0.25, 0.3) is 5.91 Å². The van der Waals surface area contributed by atoms with Gasteiger partial charge in [0.2, 0.25) is 10.0 Å². The summed E-state index contributed by atoms with van der Waals surface area (Å²) in [6.45, 7) is 4.84. The number of aryl methyl sites for hydroxylation is 2. The zero-order chi connectivity index (χ0) is 20.3. The summed E-state index contributed by atoms with van der Waals surface area (Å²) in [5.74, 6) is -0.0378. The van der Waals surface area contributed by atoms with Crippen LogP contribution in [0.5, 0.6) is 5.75 Å². The lowest BCUT2D eigenvalue weighted by atomic mass is 10.1. The first-order valence-electron chi connectivity index (χ1n) is 9.01. The molecule has 0 unspecified atom stereocenters. The molecule has 1 aliphatic rings. The molecule has 0 saturated carbocycles. The van der Waals surface area contributed by atoms with Gasteiger partial charge in [0.05, 0.1) is 4.90 Å². The van der Waals surface area contributed by atoms with Crippen LogP contribution in [0.3, 0.4) is 0 Å². The third kappa shape index (κ3) is 4.51. The lowest BCUT2D eigenvalue weighted by molar-refractivity contribution is -0.134. The molecular formula is C20H23FN2O4S. The third-order valence-corrected chi connectivity index (χ3v) is 6.80. The first-order valence-corrected chi connectivity index (χ1v) is 10.4. The first-order chi connectivity index (χ1) is 13.3. The molecule has 0 aliphatic carbocycles. The van der Waals surface area contributed by atoms with E-state index in [2.05, 4.69) is 0 Å². The van der Waals surface area contributed by atoms with E-state index in [1.165, 1.54) is 16.4 Å². The van der Waals surface area contributed by atoms with E-state index in [4.69, 9.17) is 4.74 Å². The summed E-state index contributed by atoms with van der Waals surface area (Å²) in [6.07, 6.45) is 0. The molecule has 1 aliphatic heterocycles. The van der Waals surface area contributed by atoms with Gasteiger partial charge in [0, 0.05) is 26.2 Å². The number of ether oxygens (including phenoxy) is 1. The Hall–Kier alpha value is -2.45. The van der Waals surface area contributed by atoms with Crippen molar-refractivity contribution in [1.82, 2.24) is 9.21 Å². The van der Waals surface area contributed by atoms with E-state index in [0.29, 0.717) is 5.75 Å². The molecule has 0 atom stereocenters. The Balaban J connectivity index is 1.55. The Kier molecular flexibility index (Phi) is 6.00. The summed E-state index contributed by atoms with van der Waals surface area (Å²) in [6, 6.07) is 10.4. The molecule has 1 amide bonds. The van der Waals surface area contributed by atoms with Crippen LogP contribution in [0.25, 0.3) is 0 Å². The van der Waals surface area contributed by atoms with Crippen molar-refractivity contribution in [3.05, 3.63) is 59.4 Å². The predicted octanol–water partition coefficient (Wildman–Crippen LogP) is 2.35. The van der Waals surface area contributed by atoms with E-state index in [1.54, 1.807) is 4.90 Å². The zero-order valence-corrected chi connectivity index (χ0v) is 16.7. The maximum absolute atomic E-state index is 13.0. The molecule has 6 nitrogen and oxygen atoms in total. The summed E-state index contributed by atoms with van der Waals surface area (Å²) >= 11 is 0. The fraction of sp³-hybridized carbons (Fsp3) is 0.350. The summed E-state index contributed by atoms with van der Waals surface area (Å²) < 4.78 is 45.2. The number of sulfonamides is 1.